The summed E-state index contributed by atoms with van der Waals surface area (Å²) in [7, 11) is 1.36. The quantitative estimate of drug-likeness (QED) is 0.579. The van der Waals surface area contributed by atoms with Crippen LogP contribution in [0.1, 0.15) is 6.42 Å². The highest BCUT2D eigenvalue weighted by atomic mass is 16.5. The number of fused-ring (bicyclic) bond motifs is 2. The van der Waals surface area contributed by atoms with Gasteiger partial charge in [-0.1, -0.05) is 12.2 Å². The van der Waals surface area contributed by atoms with Crippen LogP contribution in [0.4, 0.5) is 4.79 Å². The van der Waals surface area contributed by atoms with Crippen LogP contribution < -0.4 is 5.32 Å². The largest absolute Gasteiger partial charge is 0.453 e. The topological polar surface area (TPSA) is 47.6 Å². The number of alkyl carbamates (subject to hydrolysis) is 1. The molecular formula is C8H11NO3. The molecule has 0 saturated carbocycles. The molecular weight excluding hydrogens is 158 g/mol. The van der Waals surface area contributed by atoms with Crippen LogP contribution in [-0.2, 0) is 9.47 Å². The van der Waals surface area contributed by atoms with E-state index in [0.717, 1.165) is 6.42 Å². The number of carbonyl (C=O) groups is 1. The average molecular weight is 169 g/mol. The van der Waals surface area contributed by atoms with E-state index in [1.807, 2.05) is 12.2 Å². The minimum Gasteiger partial charge on any atom is -0.453 e. The van der Waals surface area contributed by atoms with Crippen molar-refractivity contribution in [3.8, 4) is 0 Å². The van der Waals surface area contributed by atoms with Crippen LogP contribution in [0.25, 0.3) is 0 Å². The molecule has 0 unspecified atom stereocenters. The Morgan fingerprint density at radius 2 is 2.50 bits per heavy atom. The van der Waals surface area contributed by atoms with E-state index in [4.69, 9.17) is 4.74 Å². The Hall–Kier alpha value is -1.03. The van der Waals surface area contributed by atoms with Crippen LogP contribution in [0.15, 0.2) is 12.2 Å². The number of hydrogen-bond donors (Lipinski definition) is 1. The van der Waals surface area contributed by atoms with E-state index in [2.05, 4.69) is 10.1 Å². The molecule has 0 spiro atoms. The molecule has 1 fully saturated rings. The molecule has 1 N–H and O–H groups in total. The van der Waals surface area contributed by atoms with Crippen molar-refractivity contribution in [2.45, 2.75) is 24.7 Å². The fourth-order valence-corrected chi connectivity index (χ4v) is 1.62. The molecule has 1 saturated heterocycles. The maximum atomic E-state index is 10.8. The zero-order valence-electron chi connectivity index (χ0n) is 6.82. The van der Waals surface area contributed by atoms with Gasteiger partial charge in [0.2, 0.25) is 0 Å². The van der Waals surface area contributed by atoms with E-state index in [9.17, 15) is 4.79 Å². The van der Waals surface area contributed by atoms with E-state index in [1.165, 1.54) is 7.11 Å². The van der Waals surface area contributed by atoms with Crippen molar-refractivity contribution < 1.29 is 14.3 Å². The molecule has 2 aliphatic rings. The van der Waals surface area contributed by atoms with Gasteiger partial charge in [0.05, 0.1) is 25.4 Å². The maximum absolute atomic E-state index is 10.8. The summed E-state index contributed by atoms with van der Waals surface area (Å²) in [4.78, 5) is 10.8. The zero-order chi connectivity index (χ0) is 8.55. The first kappa shape index (κ1) is 7.61. The van der Waals surface area contributed by atoms with Crippen molar-refractivity contribution in [2.75, 3.05) is 7.11 Å². The van der Waals surface area contributed by atoms with Gasteiger partial charge >= 0.3 is 6.09 Å². The number of hydrogen-bond acceptors (Lipinski definition) is 3. The molecule has 0 radical (unpaired) electrons. The Labute approximate surface area is 70.5 Å². The number of nitrogens with one attached hydrogen (secondary N) is 1. The monoisotopic (exact) mass is 169 g/mol. The Morgan fingerprint density at radius 1 is 1.67 bits per heavy atom. The summed E-state index contributed by atoms with van der Waals surface area (Å²) in [5, 5.41) is 2.72. The number of rotatable bonds is 1. The fraction of sp³-hybridized carbons (Fsp3) is 0.625. The van der Waals surface area contributed by atoms with Gasteiger partial charge in [0.25, 0.3) is 0 Å². The molecule has 12 heavy (non-hydrogen) atoms. The molecule has 2 heterocycles. The molecule has 4 heteroatoms. The van der Waals surface area contributed by atoms with Gasteiger partial charge in [0.1, 0.15) is 0 Å². The van der Waals surface area contributed by atoms with E-state index >= 15 is 0 Å². The van der Waals surface area contributed by atoms with Gasteiger partial charge in [-0.25, -0.2) is 4.79 Å². The van der Waals surface area contributed by atoms with Crippen LogP contribution in [-0.4, -0.2) is 31.5 Å². The summed E-state index contributed by atoms with van der Waals surface area (Å²) < 4.78 is 9.94. The SMILES string of the molecule is COC(=O)N[C@@H]1C[C@H]2C=C[C@H]1O2. The first-order valence-electron chi connectivity index (χ1n) is 3.98. The first-order valence-corrected chi connectivity index (χ1v) is 3.98. The highest BCUT2D eigenvalue weighted by Crippen LogP contribution is 2.28. The minimum absolute atomic E-state index is 0.0501. The van der Waals surface area contributed by atoms with Gasteiger partial charge in [-0.3, -0.25) is 0 Å². The fourth-order valence-electron chi connectivity index (χ4n) is 1.62. The summed E-state index contributed by atoms with van der Waals surface area (Å²) in [6.45, 7) is 0. The molecule has 3 atom stereocenters. The standard InChI is InChI=1S/C8H11NO3/c1-11-8(10)9-6-4-5-2-3-7(6)12-5/h2-3,5-7H,4H2,1H3,(H,9,10)/t5-,6-,7-/m1/s1. The van der Waals surface area contributed by atoms with Crippen LogP contribution >= 0.6 is 0 Å². The predicted octanol–water partition coefficient (Wildman–Crippen LogP) is 0.438. The smallest absolute Gasteiger partial charge is 0.407 e. The second-order valence-corrected chi connectivity index (χ2v) is 3.00. The normalized spacial score (nSPS) is 36.9. The van der Waals surface area contributed by atoms with Crippen molar-refractivity contribution >= 4 is 6.09 Å². The molecule has 4 nitrogen and oxygen atoms in total. The van der Waals surface area contributed by atoms with Crippen LogP contribution in [0, 0.1) is 0 Å². The van der Waals surface area contributed by atoms with E-state index in [-0.39, 0.29) is 24.3 Å². The van der Waals surface area contributed by atoms with E-state index < -0.39 is 0 Å². The van der Waals surface area contributed by atoms with Crippen LogP contribution in [0.2, 0.25) is 0 Å². The van der Waals surface area contributed by atoms with Crippen LogP contribution in [0.3, 0.4) is 0 Å². The Morgan fingerprint density at radius 3 is 3.00 bits per heavy atom. The molecule has 0 aromatic heterocycles. The third-order valence-electron chi connectivity index (χ3n) is 2.22. The molecule has 2 aliphatic heterocycles. The maximum Gasteiger partial charge on any atom is 0.407 e. The van der Waals surface area contributed by atoms with Gasteiger partial charge in [-0.15, -0.1) is 0 Å². The second kappa shape index (κ2) is 2.79. The average Bonchev–Trinajstić information content (AvgIpc) is 2.64. The first-order chi connectivity index (χ1) is 5.79. The minimum atomic E-state index is -0.385. The van der Waals surface area contributed by atoms with Crippen molar-refractivity contribution in [3.05, 3.63) is 12.2 Å². The molecule has 66 valence electrons. The molecule has 0 aliphatic carbocycles. The van der Waals surface area contributed by atoms with Crippen molar-refractivity contribution in [2.24, 2.45) is 0 Å². The molecule has 2 rings (SSSR count). The lowest BCUT2D eigenvalue weighted by Gasteiger charge is -2.15. The zero-order valence-corrected chi connectivity index (χ0v) is 6.82. The van der Waals surface area contributed by atoms with Gasteiger partial charge in [-0.05, 0) is 0 Å². The summed E-state index contributed by atoms with van der Waals surface area (Å²) in [6, 6.07) is 0.0902. The number of methoxy groups -OCH3 is 1. The van der Waals surface area contributed by atoms with Crippen molar-refractivity contribution in [1.29, 1.82) is 0 Å². The molecule has 0 aromatic rings. The third kappa shape index (κ3) is 1.18. The number of ether oxygens (including phenoxy) is 2. The van der Waals surface area contributed by atoms with E-state index in [0.29, 0.717) is 0 Å². The summed E-state index contributed by atoms with van der Waals surface area (Å²) in [6.07, 6.45) is 4.72. The Balaban J connectivity index is 1.91. The Kier molecular flexibility index (Phi) is 1.77. The van der Waals surface area contributed by atoms with Gasteiger partial charge in [-0.2, -0.15) is 0 Å². The van der Waals surface area contributed by atoms with Gasteiger partial charge in [0.15, 0.2) is 0 Å². The summed E-state index contributed by atoms with van der Waals surface area (Å²) >= 11 is 0. The van der Waals surface area contributed by atoms with Gasteiger partial charge in [0, 0.05) is 6.42 Å². The van der Waals surface area contributed by atoms with Gasteiger partial charge < -0.3 is 14.8 Å². The van der Waals surface area contributed by atoms with Crippen molar-refractivity contribution in [3.63, 3.8) is 0 Å². The second-order valence-electron chi connectivity index (χ2n) is 3.00. The number of amides is 1. The summed E-state index contributed by atoms with van der Waals surface area (Å²) in [5.74, 6) is 0. The molecule has 2 bridgehead atoms. The molecule has 1 amide bonds. The lowest BCUT2D eigenvalue weighted by atomic mass is 10.0. The predicted molar refractivity (Wildman–Crippen MR) is 41.7 cm³/mol. The number of carbonyl (C=O) groups excluding carboxylic acids is 1. The molecule has 0 aromatic carbocycles. The van der Waals surface area contributed by atoms with Crippen molar-refractivity contribution in [1.82, 2.24) is 5.32 Å². The lowest BCUT2D eigenvalue weighted by molar-refractivity contribution is 0.110. The van der Waals surface area contributed by atoms with Crippen LogP contribution in [0.5, 0.6) is 0 Å². The van der Waals surface area contributed by atoms with E-state index in [1.54, 1.807) is 0 Å². The highest BCUT2D eigenvalue weighted by molar-refractivity contribution is 5.67. The summed E-state index contributed by atoms with van der Waals surface area (Å²) in [5.41, 5.74) is 0. The lowest BCUT2D eigenvalue weighted by Crippen LogP contribution is -2.40. The Bertz CT molecular complexity index is 226. The highest BCUT2D eigenvalue weighted by Gasteiger charge is 2.37. The third-order valence-corrected chi connectivity index (χ3v) is 2.22.